The number of anilines is 1. The van der Waals surface area contributed by atoms with Gasteiger partial charge in [0.05, 0.1) is 7.11 Å². The van der Waals surface area contributed by atoms with Crippen molar-refractivity contribution in [2.75, 3.05) is 25.5 Å². The Kier molecular flexibility index (Phi) is 4.92. The van der Waals surface area contributed by atoms with Crippen LogP contribution in [0.25, 0.3) is 0 Å². The van der Waals surface area contributed by atoms with E-state index in [2.05, 4.69) is 31.5 Å². The van der Waals surface area contributed by atoms with E-state index in [0.29, 0.717) is 23.5 Å². The maximum Gasteiger partial charge on any atom is 0.293 e. The van der Waals surface area contributed by atoms with Gasteiger partial charge in [-0.2, -0.15) is 0 Å². The fourth-order valence-corrected chi connectivity index (χ4v) is 4.60. The summed E-state index contributed by atoms with van der Waals surface area (Å²) in [4.78, 5) is 19.5. The number of likely N-dealkylation sites (tertiary alicyclic amines) is 1. The van der Waals surface area contributed by atoms with Gasteiger partial charge in [-0.1, -0.05) is 24.3 Å². The van der Waals surface area contributed by atoms with Gasteiger partial charge in [-0.15, -0.1) is 10.2 Å². The van der Waals surface area contributed by atoms with Gasteiger partial charge in [0.1, 0.15) is 5.82 Å². The number of methoxy groups -OCH3 is 1. The van der Waals surface area contributed by atoms with Gasteiger partial charge in [0.15, 0.2) is 0 Å². The molecule has 0 aliphatic carbocycles. The van der Waals surface area contributed by atoms with Crippen LogP contribution in [0.3, 0.4) is 0 Å². The third-order valence-electron chi connectivity index (χ3n) is 6.01. The van der Waals surface area contributed by atoms with Crippen LogP contribution in [0.4, 0.5) is 5.69 Å². The van der Waals surface area contributed by atoms with Crippen LogP contribution in [0.2, 0.25) is 0 Å². The zero-order valence-corrected chi connectivity index (χ0v) is 16.9. The number of para-hydroxylation sites is 1. The fraction of sp³-hybridized carbons (Fsp3) is 0.364. The van der Waals surface area contributed by atoms with Crippen LogP contribution in [0.1, 0.15) is 22.0 Å². The number of nitrogens with zero attached hydrogens (tertiary/aromatic N) is 5. The van der Waals surface area contributed by atoms with E-state index >= 15 is 0 Å². The number of fused-ring (bicyclic) bond motifs is 2. The Balaban J connectivity index is 1.28. The number of aromatic nitrogens is 4. The molecule has 0 saturated carbocycles. The van der Waals surface area contributed by atoms with Gasteiger partial charge >= 0.3 is 0 Å². The van der Waals surface area contributed by atoms with Gasteiger partial charge in [0.25, 0.3) is 5.91 Å². The van der Waals surface area contributed by atoms with E-state index in [1.54, 1.807) is 13.3 Å². The number of ether oxygens (including phenoxy) is 1. The number of benzene rings is 1. The molecule has 1 saturated heterocycles. The highest BCUT2D eigenvalue weighted by Gasteiger charge is 2.39. The van der Waals surface area contributed by atoms with Crippen molar-refractivity contribution in [2.24, 2.45) is 11.8 Å². The molecule has 2 aromatic heterocycles. The molecule has 5 rings (SSSR count). The van der Waals surface area contributed by atoms with Crippen molar-refractivity contribution in [3.8, 4) is 5.88 Å². The largest absolute Gasteiger partial charge is 0.481 e. The zero-order chi connectivity index (χ0) is 20.5. The molecular weight excluding hydrogens is 380 g/mol. The summed E-state index contributed by atoms with van der Waals surface area (Å²) in [6.07, 6.45) is 2.59. The van der Waals surface area contributed by atoms with Gasteiger partial charge < -0.3 is 14.6 Å². The Hall–Kier alpha value is -3.26. The fourth-order valence-electron chi connectivity index (χ4n) is 4.60. The standard InChI is InChI=1S/C22H24N6O2/c1-30-22-15(6-5-9-23-22)11-27-12-16-10-19-25-26-20(28(19)14-17(16)13-27)21(29)24-18-7-3-2-4-8-18/h2-9,16-17H,10-14H2,1H3,(H,24,29)/t16-,17+/m1/s1. The Bertz CT molecular complexity index is 1050. The third-order valence-corrected chi connectivity index (χ3v) is 6.01. The second kappa shape index (κ2) is 7.87. The Morgan fingerprint density at radius 1 is 1.10 bits per heavy atom. The summed E-state index contributed by atoms with van der Waals surface area (Å²) in [5, 5.41) is 11.4. The highest BCUT2D eigenvalue weighted by Crippen LogP contribution is 2.34. The van der Waals surface area contributed by atoms with E-state index in [-0.39, 0.29) is 5.91 Å². The van der Waals surface area contributed by atoms with Crippen LogP contribution in [0, 0.1) is 11.8 Å². The minimum atomic E-state index is -0.214. The lowest BCUT2D eigenvalue weighted by atomic mass is 9.89. The molecule has 1 amide bonds. The predicted molar refractivity (Wildman–Crippen MR) is 111 cm³/mol. The zero-order valence-electron chi connectivity index (χ0n) is 16.9. The number of hydrogen-bond donors (Lipinski definition) is 1. The van der Waals surface area contributed by atoms with Gasteiger partial charge in [0.2, 0.25) is 11.7 Å². The molecule has 30 heavy (non-hydrogen) atoms. The molecule has 4 heterocycles. The van der Waals surface area contributed by atoms with Gasteiger partial charge in [-0.25, -0.2) is 4.98 Å². The van der Waals surface area contributed by atoms with E-state index in [0.717, 1.165) is 49.7 Å². The molecule has 0 unspecified atom stereocenters. The average molecular weight is 404 g/mol. The summed E-state index contributed by atoms with van der Waals surface area (Å²) in [5.74, 6) is 2.75. The van der Waals surface area contributed by atoms with Gasteiger partial charge in [-0.05, 0) is 30.0 Å². The molecule has 1 aromatic carbocycles. The molecule has 154 valence electrons. The van der Waals surface area contributed by atoms with Crippen molar-refractivity contribution in [2.45, 2.75) is 19.5 Å². The van der Waals surface area contributed by atoms with Crippen molar-refractivity contribution >= 4 is 11.6 Å². The second-order valence-electron chi connectivity index (χ2n) is 7.96. The quantitative estimate of drug-likeness (QED) is 0.702. The van der Waals surface area contributed by atoms with Crippen molar-refractivity contribution < 1.29 is 9.53 Å². The molecule has 0 bridgehead atoms. The van der Waals surface area contributed by atoms with E-state index in [1.165, 1.54) is 0 Å². The van der Waals surface area contributed by atoms with Crippen LogP contribution in [0.15, 0.2) is 48.7 Å². The summed E-state index contributed by atoms with van der Waals surface area (Å²) >= 11 is 0. The first-order chi connectivity index (χ1) is 14.7. The number of hydrogen-bond acceptors (Lipinski definition) is 6. The molecule has 8 heteroatoms. The minimum absolute atomic E-state index is 0.214. The van der Waals surface area contributed by atoms with Crippen LogP contribution in [0.5, 0.6) is 5.88 Å². The molecule has 1 N–H and O–H groups in total. The molecule has 3 aromatic rings. The molecule has 0 radical (unpaired) electrons. The molecule has 2 atom stereocenters. The molecule has 0 spiro atoms. The maximum atomic E-state index is 12.7. The summed E-state index contributed by atoms with van der Waals surface area (Å²) in [6.45, 7) is 3.55. The van der Waals surface area contributed by atoms with Gasteiger partial charge in [0, 0.05) is 50.0 Å². The minimum Gasteiger partial charge on any atom is -0.481 e. The Morgan fingerprint density at radius 3 is 2.77 bits per heavy atom. The lowest BCUT2D eigenvalue weighted by Crippen LogP contribution is -2.31. The number of carbonyl (C=O) groups is 1. The van der Waals surface area contributed by atoms with Crippen molar-refractivity contribution in [3.05, 3.63) is 65.9 Å². The molecule has 2 aliphatic rings. The molecule has 2 aliphatic heterocycles. The van der Waals surface area contributed by atoms with Crippen LogP contribution >= 0.6 is 0 Å². The summed E-state index contributed by atoms with van der Waals surface area (Å²) < 4.78 is 7.39. The monoisotopic (exact) mass is 404 g/mol. The summed E-state index contributed by atoms with van der Waals surface area (Å²) in [6, 6.07) is 13.4. The number of carbonyl (C=O) groups excluding carboxylic acids is 1. The van der Waals surface area contributed by atoms with Crippen LogP contribution < -0.4 is 10.1 Å². The second-order valence-corrected chi connectivity index (χ2v) is 7.96. The van der Waals surface area contributed by atoms with E-state index in [9.17, 15) is 4.79 Å². The highest BCUT2D eigenvalue weighted by molar-refractivity contribution is 6.01. The van der Waals surface area contributed by atoms with Crippen LogP contribution in [-0.2, 0) is 19.5 Å². The third kappa shape index (κ3) is 3.54. The molecule has 8 nitrogen and oxygen atoms in total. The highest BCUT2D eigenvalue weighted by atomic mass is 16.5. The van der Waals surface area contributed by atoms with Crippen molar-refractivity contribution in [1.82, 2.24) is 24.6 Å². The number of nitrogens with one attached hydrogen (secondary N) is 1. The first-order valence-corrected chi connectivity index (χ1v) is 10.2. The first-order valence-electron chi connectivity index (χ1n) is 10.2. The SMILES string of the molecule is COc1ncccc1CN1C[C@H]2Cc3nnc(C(=O)Nc4ccccc4)n3C[C@@H]2C1. The maximum absolute atomic E-state index is 12.7. The van der Waals surface area contributed by atoms with Gasteiger partial charge in [-0.3, -0.25) is 9.69 Å². The topological polar surface area (TPSA) is 85.2 Å². The predicted octanol–water partition coefficient (Wildman–Crippen LogP) is 2.24. The lowest BCUT2D eigenvalue weighted by Gasteiger charge is -2.25. The van der Waals surface area contributed by atoms with Crippen LogP contribution in [-0.4, -0.2) is 50.8 Å². The lowest BCUT2D eigenvalue weighted by molar-refractivity contribution is 0.100. The first kappa shape index (κ1) is 18.7. The molecular formula is C22H24N6O2. The number of rotatable bonds is 5. The Morgan fingerprint density at radius 2 is 1.93 bits per heavy atom. The smallest absolute Gasteiger partial charge is 0.293 e. The Labute approximate surface area is 174 Å². The van der Waals surface area contributed by atoms with E-state index in [4.69, 9.17) is 4.74 Å². The van der Waals surface area contributed by atoms with E-state index < -0.39 is 0 Å². The summed E-state index contributed by atoms with van der Waals surface area (Å²) in [7, 11) is 1.66. The average Bonchev–Trinajstić information content (AvgIpc) is 3.35. The number of amides is 1. The summed E-state index contributed by atoms with van der Waals surface area (Å²) in [5.41, 5.74) is 1.85. The number of pyridine rings is 1. The normalized spacial score (nSPS) is 20.4. The molecule has 1 fully saturated rings. The van der Waals surface area contributed by atoms with Crippen molar-refractivity contribution in [1.29, 1.82) is 0 Å². The van der Waals surface area contributed by atoms with Crippen molar-refractivity contribution in [3.63, 3.8) is 0 Å². The van der Waals surface area contributed by atoms with E-state index in [1.807, 2.05) is 41.0 Å².